The molecule has 1 aromatic carbocycles. The van der Waals surface area contributed by atoms with Crippen molar-refractivity contribution in [2.45, 2.75) is 4.90 Å². The van der Waals surface area contributed by atoms with Gasteiger partial charge in [0.2, 0.25) is 15.7 Å². The molecule has 1 aromatic heterocycles. The zero-order valence-corrected chi connectivity index (χ0v) is 15.2. The van der Waals surface area contributed by atoms with Crippen LogP contribution in [-0.4, -0.2) is 59.6 Å². The van der Waals surface area contributed by atoms with Gasteiger partial charge in [0.15, 0.2) is 0 Å². The first-order valence-electron chi connectivity index (χ1n) is 7.96. The lowest BCUT2D eigenvalue weighted by Gasteiger charge is -2.26. The van der Waals surface area contributed by atoms with Crippen molar-refractivity contribution < 1.29 is 22.9 Å². The Morgan fingerprint density at radius 3 is 2.70 bits per heavy atom. The highest BCUT2D eigenvalue weighted by atomic mass is 32.2. The quantitative estimate of drug-likeness (QED) is 0.578. The first-order valence-corrected chi connectivity index (χ1v) is 9.40. The molecule has 0 atom stereocenters. The maximum absolute atomic E-state index is 12.7. The molecule has 144 valence electrons. The monoisotopic (exact) mass is 395 g/mol. The zero-order chi connectivity index (χ0) is 19.6. The van der Waals surface area contributed by atoms with Crippen LogP contribution in [0, 0.1) is 10.1 Å². The number of aromatic nitrogens is 2. The van der Waals surface area contributed by atoms with Crippen LogP contribution in [0.15, 0.2) is 35.4 Å². The van der Waals surface area contributed by atoms with E-state index in [1.165, 1.54) is 35.6 Å². The van der Waals surface area contributed by atoms with Gasteiger partial charge in [0.05, 0.1) is 23.0 Å². The normalized spacial score (nSPS) is 15.4. The minimum absolute atomic E-state index is 0.0118. The van der Waals surface area contributed by atoms with Crippen molar-refractivity contribution in [1.29, 1.82) is 0 Å². The number of rotatable bonds is 5. The summed E-state index contributed by atoms with van der Waals surface area (Å²) in [5.74, 6) is -0.803. The predicted molar refractivity (Wildman–Crippen MR) is 93.8 cm³/mol. The fourth-order valence-electron chi connectivity index (χ4n) is 2.63. The Morgan fingerprint density at radius 1 is 1.33 bits per heavy atom. The van der Waals surface area contributed by atoms with E-state index in [1.807, 2.05) is 0 Å². The SMILES string of the molecule is Cn1cc([N+](=O)[O-])c(C(=O)Nc2cccc(S(=O)(=O)N3CCOCC3)c2)n1. The van der Waals surface area contributed by atoms with Crippen molar-refractivity contribution in [2.24, 2.45) is 7.05 Å². The maximum atomic E-state index is 12.7. The number of morpholine rings is 1. The van der Waals surface area contributed by atoms with Gasteiger partial charge < -0.3 is 10.1 Å². The van der Waals surface area contributed by atoms with Crippen LogP contribution >= 0.6 is 0 Å². The van der Waals surface area contributed by atoms with E-state index in [1.54, 1.807) is 0 Å². The molecule has 2 heterocycles. The van der Waals surface area contributed by atoms with Crippen LogP contribution in [0.2, 0.25) is 0 Å². The molecule has 0 aliphatic carbocycles. The Hall–Kier alpha value is -2.83. The van der Waals surface area contributed by atoms with Crippen molar-refractivity contribution >= 4 is 27.3 Å². The molecular formula is C15H17N5O6S. The van der Waals surface area contributed by atoms with Crippen LogP contribution in [-0.2, 0) is 21.8 Å². The third-order valence-corrected chi connectivity index (χ3v) is 5.82. The summed E-state index contributed by atoms with van der Waals surface area (Å²) >= 11 is 0. The first kappa shape index (κ1) is 18.9. The Balaban J connectivity index is 1.84. The fourth-order valence-corrected chi connectivity index (χ4v) is 4.09. The Morgan fingerprint density at radius 2 is 2.04 bits per heavy atom. The van der Waals surface area contributed by atoms with Gasteiger partial charge in [-0.25, -0.2) is 8.42 Å². The number of aryl methyl sites for hydroxylation is 1. The lowest BCUT2D eigenvalue weighted by molar-refractivity contribution is -0.385. The molecule has 1 N–H and O–H groups in total. The number of nitrogens with one attached hydrogen (secondary N) is 1. The van der Waals surface area contributed by atoms with Gasteiger partial charge >= 0.3 is 5.69 Å². The lowest BCUT2D eigenvalue weighted by Crippen LogP contribution is -2.40. The summed E-state index contributed by atoms with van der Waals surface area (Å²) in [5.41, 5.74) is -0.606. The third kappa shape index (κ3) is 3.97. The lowest BCUT2D eigenvalue weighted by atomic mass is 10.3. The van der Waals surface area contributed by atoms with Gasteiger partial charge in [-0.3, -0.25) is 19.6 Å². The van der Waals surface area contributed by atoms with E-state index in [0.717, 1.165) is 10.9 Å². The summed E-state index contributed by atoms with van der Waals surface area (Å²) in [4.78, 5) is 22.7. The molecule has 1 aliphatic rings. The molecule has 0 unspecified atom stereocenters. The number of carbonyl (C=O) groups excluding carboxylic acids is 1. The van der Waals surface area contributed by atoms with Gasteiger partial charge in [0, 0.05) is 25.8 Å². The number of nitrogens with zero attached hydrogens (tertiary/aromatic N) is 4. The second-order valence-corrected chi connectivity index (χ2v) is 7.73. The van der Waals surface area contributed by atoms with E-state index >= 15 is 0 Å². The van der Waals surface area contributed by atoms with Gasteiger partial charge in [-0.05, 0) is 18.2 Å². The highest BCUT2D eigenvalue weighted by Gasteiger charge is 2.28. The summed E-state index contributed by atoms with van der Waals surface area (Å²) < 4.78 is 33.0. The average Bonchev–Trinajstić information content (AvgIpc) is 3.05. The van der Waals surface area contributed by atoms with Crippen molar-refractivity contribution in [1.82, 2.24) is 14.1 Å². The summed E-state index contributed by atoms with van der Waals surface area (Å²) in [6.07, 6.45) is 1.12. The Kier molecular flexibility index (Phi) is 5.21. The minimum atomic E-state index is -3.73. The number of sulfonamides is 1. The van der Waals surface area contributed by atoms with E-state index in [9.17, 15) is 23.3 Å². The van der Waals surface area contributed by atoms with Crippen molar-refractivity contribution in [3.8, 4) is 0 Å². The number of carbonyl (C=O) groups is 1. The van der Waals surface area contributed by atoms with Crippen LogP contribution in [0.4, 0.5) is 11.4 Å². The van der Waals surface area contributed by atoms with Gasteiger partial charge in [-0.1, -0.05) is 6.07 Å². The molecule has 0 bridgehead atoms. The molecule has 0 spiro atoms. The summed E-state index contributed by atoms with van der Waals surface area (Å²) in [7, 11) is -2.27. The second kappa shape index (κ2) is 7.42. The zero-order valence-electron chi connectivity index (χ0n) is 14.4. The number of anilines is 1. The molecule has 0 saturated carbocycles. The van der Waals surface area contributed by atoms with E-state index in [2.05, 4.69) is 10.4 Å². The van der Waals surface area contributed by atoms with Crippen LogP contribution in [0.3, 0.4) is 0 Å². The first-order chi connectivity index (χ1) is 12.8. The molecule has 0 radical (unpaired) electrons. The summed E-state index contributed by atoms with van der Waals surface area (Å²) in [6.45, 7) is 1.14. The number of amides is 1. The minimum Gasteiger partial charge on any atom is -0.379 e. The summed E-state index contributed by atoms with van der Waals surface area (Å²) in [5, 5.41) is 17.3. The molecule has 11 nitrogen and oxygen atoms in total. The van der Waals surface area contributed by atoms with Crippen molar-refractivity contribution in [3.63, 3.8) is 0 Å². The average molecular weight is 395 g/mol. The Bertz CT molecular complexity index is 980. The number of hydrogen-bond acceptors (Lipinski definition) is 7. The van der Waals surface area contributed by atoms with Crippen LogP contribution in [0.25, 0.3) is 0 Å². The van der Waals surface area contributed by atoms with Crippen LogP contribution < -0.4 is 5.32 Å². The highest BCUT2D eigenvalue weighted by molar-refractivity contribution is 7.89. The van der Waals surface area contributed by atoms with Gasteiger partial charge in [-0.2, -0.15) is 9.40 Å². The van der Waals surface area contributed by atoms with Crippen molar-refractivity contribution in [3.05, 3.63) is 46.3 Å². The largest absolute Gasteiger partial charge is 0.379 e. The second-order valence-electron chi connectivity index (χ2n) is 5.79. The molecule has 1 aliphatic heterocycles. The van der Waals surface area contributed by atoms with E-state index in [4.69, 9.17) is 4.74 Å². The Labute approximate surface area is 154 Å². The topological polar surface area (TPSA) is 137 Å². The molecule has 27 heavy (non-hydrogen) atoms. The molecule has 1 saturated heterocycles. The van der Waals surface area contributed by atoms with Gasteiger partial charge in [-0.15, -0.1) is 0 Å². The van der Waals surface area contributed by atoms with Gasteiger partial charge in [0.25, 0.3) is 5.91 Å². The molecular weight excluding hydrogens is 378 g/mol. The standard InChI is InChI=1S/C15H17N5O6S/c1-18-10-13(20(22)23)14(17-18)15(21)16-11-3-2-4-12(9-11)27(24,25)19-5-7-26-8-6-19/h2-4,9-10H,5-8H2,1H3,(H,16,21). The molecule has 3 rings (SSSR count). The van der Waals surface area contributed by atoms with E-state index in [-0.39, 0.29) is 29.4 Å². The number of nitro groups is 1. The fraction of sp³-hybridized carbons (Fsp3) is 0.333. The molecule has 1 fully saturated rings. The molecule has 12 heteroatoms. The summed E-state index contributed by atoms with van der Waals surface area (Å²) in [6, 6.07) is 5.70. The number of ether oxygens (including phenoxy) is 1. The van der Waals surface area contributed by atoms with E-state index in [0.29, 0.717) is 13.2 Å². The van der Waals surface area contributed by atoms with Gasteiger partial charge in [0.1, 0.15) is 6.20 Å². The highest BCUT2D eigenvalue weighted by Crippen LogP contribution is 2.22. The molecule has 2 aromatic rings. The van der Waals surface area contributed by atoms with Crippen LogP contribution in [0.5, 0.6) is 0 Å². The van der Waals surface area contributed by atoms with E-state index < -0.39 is 26.5 Å². The van der Waals surface area contributed by atoms with Crippen LogP contribution in [0.1, 0.15) is 10.5 Å². The number of benzene rings is 1. The number of hydrogen-bond donors (Lipinski definition) is 1. The van der Waals surface area contributed by atoms with Crippen molar-refractivity contribution in [2.75, 3.05) is 31.6 Å². The molecule has 1 amide bonds. The predicted octanol–water partition coefficient (Wildman–Crippen LogP) is 0.601. The third-order valence-electron chi connectivity index (χ3n) is 3.92. The smallest absolute Gasteiger partial charge is 0.320 e. The maximum Gasteiger partial charge on any atom is 0.320 e.